The van der Waals surface area contributed by atoms with Crippen LogP contribution < -0.4 is 5.73 Å². The fourth-order valence-electron chi connectivity index (χ4n) is 4.42. The molecule has 0 amide bonds. The van der Waals surface area contributed by atoms with Crippen LogP contribution in [-0.4, -0.2) is 20.0 Å². The van der Waals surface area contributed by atoms with Crippen LogP contribution in [0, 0.1) is 6.92 Å². The average molecular weight is 403 g/mol. The maximum Gasteiger partial charge on any atom is 0.0685 e. The molecule has 5 heteroatoms. The van der Waals surface area contributed by atoms with Gasteiger partial charge in [-0.3, -0.25) is 14.9 Å². The number of benzene rings is 1. The van der Waals surface area contributed by atoms with Crippen LogP contribution in [0.3, 0.4) is 0 Å². The largest absolute Gasteiger partial charge is 0.392 e. The van der Waals surface area contributed by atoms with E-state index in [-0.39, 0.29) is 12.6 Å². The molecule has 0 spiro atoms. The van der Waals surface area contributed by atoms with Crippen LogP contribution in [-0.2, 0) is 32.7 Å². The van der Waals surface area contributed by atoms with Gasteiger partial charge in [-0.15, -0.1) is 0 Å². The molecule has 3 N–H and O–H groups in total. The zero-order chi connectivity index (χ0) is 20.9. The number of pyridine rings is 2. The number of nitrogens with zero attached hydrogens (tertiary/aromatic N) is 3. The Morgan fingerprint density at radius 3 is 2.70 bits per heavy atom. The van der Waals surface area contributed by atoms with E-state index in [0.717, 1.165) is 54.7 Å². The van der Waals surface area contributed by atoms with Gasteiger partial charge in [0.05, 0.1) is 24.0 Å². The highest BCUT2D eigenvalue weighted by Gasteiger charge is 2.28. The fourth-order valence-corrected chi connectivity index (χ4v) is 4.42. The van der Waals surface area contributed by atoms with Crippen molar-refractivity contribution in [3.05, 3.63) is 94.1 Å². The van der Waals surface area contributed by atoms with Gasteiger partial charge in [0.25, 0.3) is 0 Å². The lowest BCUT2D eigenvalue weighted by Gasteiger charge is -2.35. The van der Waals surface area contributed by atoms with E-state index in [1.165, 1.54) is 16.8 Å². The zero-order valence-corrected chi connectivity index (χ0v) is 17.6. The summed E-state index contributed by atoms with van der Waals surface area (Å²) in [5, 5.41) is 9.97. The number of nitrogens with two attached hydrogens (primary N) is 1. The minimum absolute atomic E-state index is 0.0130. The van der Waals surface area contributed by atoms with Crippen LogP contribution in [0.4, 0.5) is 0 Å². The molecule has 156 valence electrons. The van der Waals surface area contributed by atoms with Crippen molar-refractivity contribution in [2.75, 3.05) is 0 Å². The molecular weight excluding hydrogens is 372 g/mol. The predicted octanol–water partition coefficient (Wildman–Crippen LogP) is 3.82. The van der Waals surface area contributed by atoms with Gasteiger partial charge in [0.15, 0.2) is 0 Å². The van der Waals surface area contributed by atoms with E-state index in [1.54, 1.807) is 0 Å². The summed E-state index contributed by atoms with van der Waals surface area (Å²) in [5.41, 5.74) is 13.7. The highest BCUT2D eigenvalue weighted by molar-refractivity contribution is 5.33. The van der Waals surface area contributed by atoms with Gasteiger partial charge in [-0.1, -0.05) is 30.3 Å². The Kier molecular flexibility index (Phi) is 6.53. The van der Waals surface area contributed by atoms with Gasteiger partial charge < -0.3 is 10.8 Å². The van der Waals surface area contributed by atoms with Gasteiger partial charge >= 0.3 is 0 Å². The van der Waals surface area contributed by atoms with Crippen LogP contribution in [0.15, 0.2) is 54.9 Å². The van der Waals surface area contributed by atoms with Crippen molar-refractivity contribution in [2.45, 2.75) is 58.5 Å². The standard InChI is InChI=1S/C25H30N4O/c1-18-5-3-11-27-23(18)16-29(15-21-10-9-19(14-26)13-22(21)17-30)24-8-2-6-20-7-4-12-28-25(20)24/h3-5,7,9-13,24,30H,2,6,8,14-17,26H2,1H3/t24-/m0/s1. The molecule has 1 aliphatic rings. The van der Waals surface area contributed by atoms with Gasteiger partial charge in [-0.2, -0.15) is 0 Å². The number of hydrogen-bond donors (Lipinski definition) is 2. The Labute approximate surface area is 178 Å². The lowest BCUT2D eigenvalue weighted by Crippen LogP contribution is -2.32. The normalized spacial score (nSPS) is 15.9. The van der Waals surface area contributed by atoms with Gasteiger partial charge in [-0.05, 0) is 66.1 Å². The van der Waals surface area contributed by atoms with E-state index in [1.807, 2.05) is 30.6 Å². The molecule has 0 bridgehead atoms. The van der Waals surface area contributed by atoms with Crippen molar-refractivity contribution in [1.82, 2.24) is 14.9 Å². The van der Waals surface area contributed by atoms with E-state index in [2.05, 4.69) is 41.1 Å². The second-order valence-corrected chi connectivity index (χ2v) is 8.09. The predicted molar refractivity (Wildman–Crippen MR) is 118 cm³/mol. The van der Waals surface area contributed by atoms with Gasteiger partial charge in [-0.25, -0.2) is 0 Å². The van der Waals surface area contributed by atoms with Crippen LogP contribution in [0.1, 0.15) is 58.1 Å². The minimum Gasteiger partial charge on any atom is -0.392 e. The first-order chi connectivity index (χ1) is 14.7. The smallest absolute Gasteiger partial charge is 0.0685 e. The molecule has 2 heterocycles. The maximum absolute atomic E-state index is 9.97. The zero-order valence-electron chi connectivity index (χ0n) is 17.6. The first kappa shape index (κ1) is 20.7. The van der Waals surface area contributed by atoms with Gasteiger partial charge in [0.2, 0.25) is 0 Å². The summed E-state index contributed by atoms with van der Waals surface area (Å²) in [7, 11) is 0. The van der Waals surface area contributed by atoms with Crippen molar-refractivity contribution in [2.24, 2.45) is 5.73 Å². The molecule has 0 fully saturated rings. The lowest BCUT2D eigenvalue weighted by molar-refractivity contribution is 0.153. The number of rotatable bonds is 7. The second kappa shape index (κ2) is 9.47. The summed E-state index contributed by atoms with van der Waals surface area (Å²) in [6.07, 6.45) is 7.08. The van der Waals surface area contributed by atoms with Crippen molar-refractivity contribution in [1.29, 1.82) is 0 Å². The molecule has 0 radical (unpaired) electrons. The first-order valence-corrected chi connectivity index (χ1v) is 10.7. The molecule has 0 unspecified atom stereocenters. The maximum atomic E-state index is 9.97. The number of aromatic nitrogens is 2. The molecule has 30 heavy (non-hydrogen) atoms. The molecule has 0 saturated carbocycles. The van der Waals surface area contributed by atoms with Gasteiger partial charge in [0.1, 0.15) is 0 Å². The van der Waals surface area contributed by atoms with Crippen molar-refractivity contribution >= 4 is 0 Å². The number of fused-ring (bicyclic) bond motifs is 1. The monoisotopic (exact) mass is 402 g/mol. The Balaban J connectivity index is 1.71. The summed E-state index contributed by atoms with van der Waals surface area (Å²) in [6.45, 7) is 4.08. The van der Waals surface area contributed by atoms with E-state index < -0.39 is 0 Å². The third-order valence-electron chi connectivity index (χ3n) is 6.13. The first-order valence-electron chi connectivity index (χ1n) is 10.7. The minimum atomic E-state index is 0.0130. The molecule has 1 atom stereocenters. The molecule has 3 aromatic rings. The summed E-state index contributed by atoms with van der Waals surface area (Å²) in [6, 6.07) is 14.8. The van der Waals surface area contributed by atoms with E-state index in [4.69, 9.17) is 10.7 Å². The Morgan fingerprint density at radius 2 is 1.90 bits per heavy atom. The van der Waals surface area contributed by atoms with Crippen LogP contribution >= 0.6 is 0 Å². The van der Waals surface area contributed by atoms with Crippen molar-refractivity contribution in [3.8, 4) is 0 Å². The molecule has 5 nitrogen and oxygen atoms in total. The average Bonchev–Trinajstić information content (AvgIpc) is 2.79. The summed E-state index contributed by atoms with van der Waals surface area (Å²) in [5.74, 6) is 0. The SMILES string of the molecule is Cc1cccnc1CN(Cc1ccc(CN)cc1CO)[C@H]1CCCc2cccnc21. The summed E-state index contributed by atoms with van der Waals surface area (Å²) >= 11 is 0. The lowest BCUT2D eigenvalue weighted by atomic mass is 9.90. The van der Waals surface area contributed by atoms with E-state index in [0.29, 0.717) is 6.54 Å². The Bertz CT molecular complexity index is 1000. The van der Waals surface area contributed by atoms with E-state index in [9.17, 15) is 5.11 Å². The summed E-state index contributed by atoms with van der Waals surface area (Å²) < 4.78 is 0. The summed E-state index contributed by atoms with van der Waals surface area (Å²) in [4.78, 5) is 11.9. The second-order valence-electron chi connectivity index (χ2n) is 8.09. The van der Waals surface area contributed by atoms with Gasteiger partial charge in [0, 0.05) is 32.0 Å². The number of aliphatic hydroxyl groups is 1. The Hall–Kier alpha value is -2.60. The van der Waals surface area contributed by atoms with Crippen LogP contribution in [0.25, 0.3) is 0 Å². The quantitative estimate of drug-likeness (QED) is 0.628. The highest BCUT2D eigenvalue weighted by Crippen LogP contribution is 2.35. The van der Waals surface area contributed by atoms with Crippen LogP contribution in [0.2, 0.25) is 0 Å². The number of aliphatic hydroxyl groups excluding tert-OH is 1. The molecule has 1 aliphatic carbocycles. The molecule has 4 rings (SSSR count). The third-order valence-corrected chi connectivity index (χ3v) is 6.13. The molecule has 0 aliphatic heterocycles. The fraction of sp³-hybridized carbons (Fsp3) is 0.360. The topological polar surface area (TPSA) is 75.3 Å². The molecule has 2 aromatic heterocycles. The van der Waals surface area contributed by atoms with Crippen molar-refractivity contribution in [3.63, 3.8) is 0 Å². The number of hydrogen-bond acceptors (Lipinski definition) is 5. The third kappa shape index (κ3) is 4.43. The molecule has 1 aromatic carbocycles. The Morgan fingerprint density at radius 1 is 1.07 bits per heavy atom. The van der Waals surface area contributed by atoms with E-state index >= 15 is 0 Å². The van der Waals surface area contributed by atoms with Crippen molar-refractivity contribution < 1.29 is 5.11 Å². The molecule has 0 saturated heterocycles. The highest BCUT2D eigenvalue weighted by atomic mass is 16.3. The van der Waals surface area contributed by atoms with Crippen LogP contribution in [0.5, 0.6) is 0 Å². The number of aryl methyl sites for hydroxylation is 2. The molecular formula is C25H30N4O.